The molecule has 0 fully saturated rings. The minimum atomic E-state index is 0.0557. The molecule has 2 aromatic rings. The fourth-order valence-corrected chi connectivity index (χ4v) is 3.79. The lowest BCUT2D eigenvalue weighted by Crippen LogP contribution is -2.36. The maximum atomic E-state index is 6.18. The Bertz CT molecular complexity index is 548. The van der Waals surface area contributed by atoms with E-state index < -0.39 is 0 Å². The molecule has 0 amide bonds. The Morgan fingerprint density at radius 2 is 1.85 bits per heavy atom. The minimum Gasteiger partial charge on any atom is -0.326 e. The highest BCUT2D eigenvalue weighted by atomic mass is 35.5. The first kappa shape index (κ1) is 15.5. The third kappa shape index (κ3) is 3.83. The van der Waals surface area contributed by atoms with Crippen molar-refractivity contribution in [3.05, 3.63) is 56.7 Å². The van der Waals surface area contributed by atoms with E-state index in [1.807, 2.05) is 13.0 Å². The van der Waals surface area contributed by atoms with Crippen LogP contribution in [0.2, 0.25) is 4.34 Å². The van der Waals surface area contributed by atoms with Crippen LogP contribution >= 0.6 is 22.9 Å². The predicted octanol–water partition coefficient (Wildman–Crippen LogP) is 4.23. The van der Waals surface area contributed by atoms with Crippen LogP contribution in [0.5, 0.6) is 0 Å². The molecule has 2 nitrogen and oxygen atoms in total. The van der Waals surface area contributed by atoms with Crippen LogP contribution in [0.1, 0.15) is 29.0 Å². The van der Waals surface area contributed by atoms with Gasteiger partial charge in [0.25, 0.3) is 0 Å². The maximum Gasteiger partial charge on any atom is 0.0931 e. The molecule has 0 aliphatic heterocycles. The first-order valence-corrected chi connectivity index (χ1v) is 7.93. The number of hydrogen-bond acceptors (Lipinski definition) is 3. The van der Waals surface area contributed by atoms with Crippen LogP contribution < -0.4 is 5.73 Å². The van der Waals surface area contributed by atoms with Gasteiger partial charge in [-0.15, -0.1) is 11.3 Å². The van der Waals surface area contributed by atoms with Gasteiger partial charge in [-0.3, -0.25) is 4.90 Å². The quantitative estimate of drug-likeness (QED) is 0.895. The minimum absolute atomic E-state index is 0.0557. The summed E-state index contributed by atoms with van der Waals surface area (Å²) in [6, 6.07) is 12.9. The SMILES string of the molecule is Cc1ccc(CN(C)C(c2ccc(Cl)s2)C(C)N)cc1. The van der Waals surface area contributed by atoms with Gasteiger partial charge < -0.3 is 5.73 Å². The van der Waals surface area contributed by atoms with Crippen molar-refractivity contribution in [3.63, 3.8) is 0 Å². The first-order chi connectivity index (χ1) is 9.47. The van der Waals surface area contributed by atoms with Gasteiger partial charge in [0.05, 0.1) is 10.4 Å². The number of nitrogens with two attached hydrogens (primary N) is 1. The molecule has 2 rings (SSSR count). The van der Waals surface area contributed by atoms with Gasteiger partial charge in [-0.05, 0) is 38.6 Å². The van der Waals surface area contributed by atoms with Gasteiger partial charge in [0.1, 0.15) is 0 Å². The molecule has 0 saturated carbocycles. The number of hydrogen-bond donors (Lipinski definition) is 1. The van der Waals surface area contributed by atoms with E-state index in [-0.39, 0.29) is 12.1 Å². The van der Waals surface area contributed by atoms with Gasteiger partial charge in [0.15, 0.2) is 0 Å². The van der Waals surface area contributed by atoms with Crippen molar-refractivity contribution in [1.82, 2.24) is 4.90 Å². The van der Waals surface area contributed by atoms with Crippen LogP contribution in [0, 0.1) is 6.92 Å². The highest BCUT2D eigenvalue weighted by Crippen LogP contribution is 2.32. The van der Waals surface area contributed by atoms with E-state index in [4.69, 9.17) is 17.3 Å². The molecule has 2 atom stereocenters. The van der Waals surface area contributed by atoms with E-state index in [2.05, 4.69) is 49.2 Å². The predicted molar refractivity (Wildman–Crippen MR) is 88.4 cm³/mol. The van der Waals surface area contributed by atoms with Gasteiger partial charge in [0, 0.05) is 17.5 Å². The molecular weight excluding hydrogens is 288 g/mol. The van der Waals surface area contributed by atoms with Gasteiger partial charge in [-0.1, -0.05) is 41.4 Å². The van der Waals surface area contributed by atoms with Crippen molar-refractivity contribution in [2.24, 2.45) is 5.73 Å². The lowest BCUT2D eigenvalue weighted by Gasteiger charge is -2.30. The standard InChI is InChI=1S/C16H21ClN2S/c1-11-4-6-13(7-5-11)10-19(3)16(12(2)18)14-8-9-15(17)20-14/h4-9,12,16H,10,18H2,1-3H3. The molecule has 0 spiro atoms. The molecule has 0 bridgehead atoms. The van der Waals surface area contributed by atoms with Crippen LogP contribution in [0.3, 0.4) is 0 Å². The van der Waals surface area contributed by atoms with E-state index >= 15 is 0 Å². The zero-order valence-electron chi connectivity index (χ0n) is 12.1. The Kier molecular flexibility index (Phi) is 5.22. The lowest BCUT2D eigenvalue weighted by molar-refractivity contribution is 0.214. The largest absolute Gasteiger partial charge is 0.326 e. The monoisotopic (exact) mass is 308 g/mol. The summed E-state index contributed by atoms with van der Waals surface area (Å²) < 4.78 is 0.814. The van der Waals surface area contributed by atoms with E-state index in [1.54, 1.807) is 11.3 Å². The molecule has 108 valence electrons. The number of likely N-dealkylation sites (N-methyl/N-ethyl adjacent to an activating group) is 1. The normalized spacial score (nSPS) is 14.5. The second-order valence-electron chi connectivity index (χ2n) is 5.35. The molecular formula is C16H21ClN2S. The number of thiophene rings is 1. The second-order valence-corrected chi connectivity index (χ2v) is 7.09. The average Bonchev–Trinajstić information content (AvgIpc) is 2.78. The van der Waals surface area contributed by atoms with Gasteiger partial charge in [-0.2, -0.15) is 0 Å². The van der Waals surface area contributed by atoms with Crippen LogP contribution in [-0.4, -0.2) is 18.0 Å². The molecule has 20 heavy (non-hydrogen) atoms. The van der Waals surface area contributed by atoms with Crippen LogP contribution in [0.15, 0.2) is 36.4 Å². The Hall–Kier alpha value is -0.870. The molecule has 0 aliphatic rings. The summed E-state index contributed by atoms with van der Waals surface area (Å²) >= 11 is 7.66. The Balaban J connectivity index is 2.15. The second kappa shape index (κ2) is 6.72. The first-order valence-electron chi connectivity index (χ1n) is 6.74. The highest BCUT2D eigenvalue weighted by Gasteiger charge is 2.22. The smallest absolute Gasteiger partial charge is 0.0931 e. The third-order valence-electron chi connectivity index (χ3n) is 3.41. The summed E-state index contributed by atoms with van der Waals surface area (Å²) in [5, 5.41) is 0. The third-order valence-corrected chi connectivity index (χ3v) is 4.71. The molecule has 4 heteroatoms. The zero-order valence-corrected chi connectivity index (χ0v) is 13.7. The van der Waals surface area contributed by atoms with E-state index in [1.165, 1.54) is 16.0 Å². The number of aryl methyl sites for hydroxylation is 1. The summed E-state index contributed by atoms with van der Waals surface area (Å²) in [5.74, 6) is 0. The van der Waals surface area contributed by atoms with Crippen molar-refractivity contribution in [2.45, 2.75) is 32.5 Å². The van der Waals surface area contributed by atoms with Crippen molar-refractivity contribution < 1.29 is 0 Å². The van der Waals surface area contributed by atoms with E-state index in [9.17, 15) is 0 Å². The molecule has 2 unspecified atom stereocenters. The van der Waals surface area contributed by atoms with Gasteiger partial charge in [0.2, 0.25) is 0 Å². The number of benzene rings is 1. The van der Waals surface area contributed by atoms with Crippen molar-refractivity contribution in [2.75, 3.05) is 7.05 Å². The van der Waals surface area contributed by atoms with E-state index in [0.717, 1.165) is 10.9 Å². The van der Waals surface area contributed by atoms with Crippen molar-refractivity contribution >= 4 is 22.9 Å². The Morgan fingerprint density at radius 3 is 2.35 bits per heavy atom. The van der Waals surface area contributed by atoms with Crippen molar-refractivity contribution in [1.29, 1.82) is 0 Å². The van der Waals surface area contributed by atoms with Crippen LogP contribution in [0.4, 0.5) is 0 Å². The average molecular weight is 309 g/mol. The number of nitrogens with zero attached hydrogens (tertiary/aromatic N) is 1. The molecule has 0 radical (unpaired) electrons. The van der Waals surface area contributed by atoms with Crippen molar-refractivity contribution in [3.8, 4) is 0 Å². The van der Waals surface area contributed by atoms with Crippen LogP contribution in [0.25, 0.3) is 0 Å². The summed E-state index contributed by atoms with van der Waals surface area (Å²) in [4.78, 5) is 3.51. The molecule has 1 heterocycles. The summed E-state index contributed by atoms with van der Waals surface area (Å²) in [7, 11) is 2.11. The lowest BCUT2D eigenvalue weighted by atomic mass is 10.1. The molecule has 1 aromatic heterocycles. The highest BCUT2D eigenvalue weighted by molar-refractivity contribution is 7.16. The number of halogens is 1. The molecule has 1 aromatic carbocycles. The zero-order chi connectivity index (χ0) is 14.7. The fourth-order valence-electron chi connectivity index (χ4n) is 2.44. The van der Waals surface area contributed by atoms with Gasteiger partial charge >= 0.3 is 0 Å². The van der Waals surface area contributed by atoms with Crippen LogP contribution in [-0.2, 0) is 6.54 Å². The topological polar surface area (TPSA) is 29.3 Å². The Morgan fingerprint density at radius 1 is 1.20 bits per heavy atom. The molecule has 2 N–H and O–H groups in total. The maximum absolute atomic E-state index is 6.18. The number of rotatable bonds is 5. The van der Waals surface area contributed by atoms with E-state index in [0.29, 0.717) is 0 Å². The van der Waals surface area contributed by atoms with Gasteiger partial charge in [-0.25, -0.2) is 0 Å². The fraction of sp³-hybridized carbons (Fsp3) is 0.375. The molecule has 0 saturated heterocycles. The molecule has 0 aliphatic carbocycles. The summed E-state index contributed by atoms with van der Waals surface area (Å²) in [5.41, 5.74) is 8.76. The summed E-state index contributed by atoms with van der Waals surface area (Å²) in [6.45, 7) is 5.03. The Labute approximate surface area is 130 Å². The summed E-state index contributed by atoms with van der Waals surface area (Å²) in [6.07, 6.45) is 0.